The first-order chi connectivity index (χ1) is 7.21. The molecule has 0 aromatic carbocycles. The van der Waals surface area contributed by atoms with Gasteiger partial charge in [-0.05, 0) is 0 Å². The highest BCUT2D eigenvalue weighted by atomic mass is 19.2. The van der Waals surface area contributed by atoms with E-state index >= 15 is 0 Å². The molecule has 3 N–H and O–H groups in total. The highest BCUT2D eigenvalue weighted by Gasteiger charge is 2.56. The van der Waals surface area contributed by atoms with Crippen molar-refractivity contribution in [3.63, 3.8) is 0 Å². The van der Waals surface area contributed by atoms with Crippen molar-refractivity contribution in [2.75, 3.05) is 0 Å². The first kappa shape index (κ1) is 12.1. The molecule has 0 aromatic heterocycles. The van der Waals surface area contributed by atoms with Gasteiger partial charge in [-0.15, -0.1) is 0 Å². The molecule has 0 aromatic rings. The lowest BCUT2D eigenvalue weighted by atomic mass is 9.83. The number of halogens is 3. The van der Waals surface area contributed by atoms with Crippen LogP contribution in [0.25, 0.3) is 0 Å². The lowest BCUT2D eigenvalue weighted by Gasteiger charge is -2.26. The largest absolute Gasteiger partial charge is 0.505 e. The van der Waals surface area contributed by atoms with E-state index < -0.39 is 40.9 Å². The van der Waals surface area contributed by atoms with Crippen molar-refractivity contribution in [3.8, 4) is 0 Å². The molecule has 0 saturated heterocycles. The van der Waals surface area contributed by atoms with Gasteiger partial charge in [-0.3, -0.25) is 4.79 Å². The van der Waals surface area contributed by atoms with E-state index in [1.54, 1.807) is 0 Å². The molecule has 88 valence electrons. The summed E-state index contributed by atoms with van der Waals surface area (Å²) in [4.78, 5) is 21.0. The Morgan fingerprint density at radius 1 is 1.31 bits per heavy atom. The van der Waals surface area contributed by atoms with Gasteiger partial charge in [0.2, 0.25) is 5.67 Å². The number of allylic oxidation sites excluding steroid dienone is 1. The zero-order valence-corrected chi connectivity index (χ0v) is 7.45. The van der Waals surface area contributed by atoms with Crippen molar-refractivity contribution in [1.29, 1.82) is 0 Å². The van der Waals surface area contributed by atoms with Gasteiger partial charge in [-0.2, -0.15) is 4.39 Å². The van der Waals surface area contributed by atoms with E-state index in [0.717, 1.165) is 0 Å². The number of hydrogen-bond donors (Lipinski definition) is 3. The van der Waals surface area contributed by atoms with Crippen molar-refractivity contribution in [2.24, 2.45) is 5.92 Å². The van der Waals surface area contributed by atoms with Gasteiger partial charge in [0.05, 0.1) is 0 Å². The quantitative estimate of drug-likeness (QED) is 0.669. The third-order valence-electron chi connectivity index (χ3n) is 2.03. The monoisotopic (exact) mass is 238 g/mol. The average Bonchev–Trinajstić information content (AvgIpc) is 2.13. The second-order valence-corrected chi connectivity index (χ2v) is 3.04. The summed E-state index contributed by atoms with van der Waals surface area (Å²) in [5.74, 6) is -13.1. The maximum atomic E-state index is 13.6. The van der Waals surface area contributed by atoms with Crippen LogP contribution >= 0.6 is 0 Å². The van der Waals surface area contributed by atoms with Gasteiger partial charge in [-0.1, -0.05) is 0 Å². The molecule has 16 heavy (non-hydrogen) atoms. The Balaban J connectivity index is 3.43. The fraction of sp³-hybridized carbons (Fsp3) is 0.250. The Hall–Kier alpha value is -1.99. The fourth-order valence-electron chi connectivity index (χ4n) is 1.25. The molecule has 0 fully saturated rings. The van der Waals surface area contributed by atoms with Crippen LogP contribution in [0.15, 0.2) is 23.5 Å². The summed E-state index contributed by atoms with van der Waals surface area (Å²) < 4.78 is 39.4. The maximum Gasteiger partial charge on any atom is 0.347 e. The number of hydrogen-bond acceptors (Lipinski definition) is 3. The summed E-state index contributed by atoms with van der Waals surface area (Å²) in [5.41, 5.74) is -3.73. The molecule has 0 radical (unpaired) electrons. The van der Waals surface area contributed by atoms with Crippen LogP contribution < -0.4 is 0 Å². The van der Waals surface area contributed by atoms with E-state index in [2.05, 4.69) is 0 Å². The van der Waals surface area contributed by atoms with Crippen LogP contribution in [-0.4, -0.2) is 32.9 Å². The number of rotatable bonds is 2. The highest BCUT2D eigenvalue weighted by Crippen LogP contribution is 2.40. The summed E-state index contributed by atoms with van der Waals surface area (Å²) in [6.07, 6.45) is -0.188. The Morgan fingerprint density at radius 3 is 2.19 bits per heavy atom. The molecule has 1 rings (SSSR count). The molecule has 0 heterocycles. The SMILES string of the molecule is O=C(O)C1C(F)=C(F)C(O)=CC1(F)C(=O)O. The zero-order valence-electron chi connectivity index (χ0n) is 7.45. The van der Waals surface area contributed by atoms with Gasteiger partial charge in [-0.25, -0.2) is 13.6 Å². The predicted molar refractivity (Wildman–Crippen MR) is 42.6 cm³/mol. The van der Waals surface area contributed by atoms with Crippen LogP contribution in [0.2, 0.25) is 0 Å². The number of carboxylic acids is 2. The number of alkyl halides is 1. The lowest BCUT2D eigenvalue weighted by Crippen LogP contribution is -2.46. The fourth-order valence-corrected chi connectivity index (χ4v) is 1.25. The van der Waals surface area contributed by atoms with Crippen molar-refractivity contribution in [2.45, 2.75) is 5.67 Å². The molecular weight excluding hydrogens is 233 g/mol. The van der Waals surface area contributed by atoms with Crippen molar-refractivity contribution < 1.29 is 38.1 Å². The predicted octanol–water partition coefficient (Wildman–Crippen LogP) is 1.09. The molecule has 0 saturated carbocycles. The first-order valence-corrected chi connectivity index (χ1v) is 3.84. The van der Waals surface area contributed by atoms with Gasteiger partial charge in [0.15, 0.2) is 23.3 Å². The summed E-state index contributed by atoms with van der Waals surface area (Å²) in [5, 5.41) is 25.6. The summed E-state index contributed by atoms with van der Waals surface area (Å²) in [6.45, 7) is 0. The van der Waals surface area contributed by atoms with Crippen LogP contribution in [0.5, 0.6) is 0 Å². The van der Waals surface area contributed by atoms with Crippen LogP contribution in [-0.2, 0) is 9.59 Å². The van der Waals surface area contributed by atoms with Gasteiger partial charge in [0, 0.05) is 6.08 Å². The third-order valence-corrected chi connectivity index (χ3v) is 2.03. The van der Waals surface area contributed by atoms with Gasteiger partial charge in [0.1, 0.15) is 0 Å². The molecule has 8 heteroatoms. The Kier molecular flexibility index (Phi) is 2.68. The Bertz CT molecular complexity index is 427. The van der Waals surface area contributed by atoms with Crippen molar-refractivity contribution in [3.05, 3.63) is 23.5 Å². The second kappa shape index (κ2) is 3.54. The van der Waals surface area contributed by atoms with E-state index in [-0.39, 0.29) is 6.08 Å². The van der Waals surface area contributed by atoms with Crippen LogP contribution in [0.4, 0.5) is 13.2 Å². The number of aliphatic hydroxyl groups excluding tert-OH is 1. The van der Waals surface area contributed by atoms with E-state index in [1.165, 1.54) is 0 Å². The average molecular weight is 238 g/mol. The van der Waals surface area contributed by atoms with E-state index in [0.29, 0.717) is 0 Å². The third kappa shape index (κ3) is 1.51. The van der Waals surface area contributed by atoms with Crippen molar-refractivity contribution in [1.82, 2.24) is 0 Å². The summed E-state index contributed by atoms with van der Waals surface area (Å²) in [6, 6.07) is 0. The molecule has 1 aliphatic carbocycles. The smallest absolute Gasteiger partial charge is 0.347 e. The molecule has 0 bridgehead atoms. The van der Waals surface area contributed by atoms with Gasteiger partial charge < -0.3 is 15.3 Å². The highest BCUT2D eigenvalue weighted by molar-refractivity contribution is 5.90. The normalized spacial score (nSPS) is 29.9. The van der Waals surface area contributed by atoms with Crippen LogP contribution in [0.1, 0.15) is 0 Å². The van der Waals surface area contributed by atoms with E-state index in [4.69, 9.17) is 15.3 Å². The molecule has 0 aliphatic heterocycles. The van der Waals surface area contributed by atoms with Crippen LogP contribution in [0, 0.1) is 5.92 Å². The Morgan fingerprint density at radius 2 is 1.81 bits per heavy atom. The molecule has 2 atom stereocenters. The minimum atomic E-state index is -3.73. The standard InChI is InChI=1S/C8H5F3O5/c9-4-2(12)1-8(11,7(15)16)3(5(4)10)6(13)14/h1,3,12H,(H,13,14)(H,15,16). The maximum absolute atomic E-state index is 13.6. The molecule has 1 aliphatic rings. The number of carboxylic acid groups (broad SMARTS) is 2. The number of aliphatic hydroxyl groups is 1. The number of aliphatic carboxylic acids is 2. The van der Waals surface area contributed by atoms with Crippen molar-refractivity contribution >= 4 is 11.9 Å². The van der Waals surface area contributed by atoms with E-state index in [9.17, 15) is 22.8 Å². The molecule has 0 spiro atoms. The molecular formula is C8H5F3O5. The van der Waals surface area contributed by atoms with Crippen LogP contribution in [0.3, 0.4) is 0 Å². The van der Waals surface area contributed by atoms with E-state index in [1.807, 2.05) is 0 Å². The van der Waals surface area contributed by atoms with Gasteiger partial charge >= 0.3 is 11.9 Å². The molecule has 0 amide bonds. The topological polar surface area (TPSA) is 94.8 Å². The van der Waals surface area contributed by atoms with Gasteiger partial charge in [0.25, 0.3) is 0 Å². The second-order valence-electron chi connectivity index (χ2n) is 3.04. The molecule has 5 nitrogen and oxygen atoms in total. The lowest BCUT2D eigenvalue weighted by molar-refractivity contribution is -0.160. The first-order valence-electron chi connectivity index (χ1n) is 3.84. The molecule has 2 unspecified atom stereocenters. The zero-order chi connectivity index (χ0) is 12.7. The summed E-state index contributed by atoms with van der Waals surface area (Å²) >= 11 is 0. The Labute approximate surface area is 86.1 Å². The minimum Gasteiger partial charge on any atom is -0.505 e. The number of carbonyl (C=O) groups is 2. The summed E-state index contributed by atoms with van der Waals surface area (Å²) in [7, 11) is 0. The minimum absolute atomic E-state index is 0.188.